The SMILES string of the molecule is O=C(CCC1(Cc2ccc(-c3ccccc3)cc2)CCC(=O)N1)NCCc1ccccc1F. The Balaban J connectivity index is 1.33. The molecule has 1 unspecified atom stereocenters. The van der Waals surface area contributed by atoms with Crippen molar-refractivity contribution < 1.29 is 14.0 Å². The maximum atomic E-state index is 13.7. The molecule has 3 aromatic carbocycles. The van der Waals surface area contributed by atoms with Crippen molar-refractivity contribution in [2.75, 3.05) is 6.54 Å². The highest BCUT2D eigenvalue weighted by atomic mass is 19.1. The lowest BCUT2D eigenvalue weighted by Crippen LogP contribution is -2.44. The summed E-state index contributed by atoms with van der Waals surface area (Å²) in [6.07, 6.45) is 3.24. The van der Waals surface area contributed by atoms with Gasteiger partial charge in [-0.3, -0.25) is 9.59 Å². The molecule has 0 aliphatic carbocycles. The minimum atomic E-state index is -0.409. The van der Waals surface area contributed by atoms with Gasteiger partial charge in [0.05, 0.1) is 0 Å². The van der Waals surface area contributed by atoms with Gasteiger partial charge in [0.15, 0.2) is 0 Å². The van der Waals surface area contributed by atoms with E-state index in [0.717, 1.165) is 17.5 Å². The maximum Gasteiger partial charge on any atom is 0.220 e. The summed E-state index contributed by atoms with van der Waals surface area (Å²) in [5.74, 6) is -0.292. The van der Waals surface area contributed by atoms with Crippen LogP contribution in [0.2, 0.25) is 0 Å². The number of nitrogens with one attached hydrogen (secondary N) is 2. The molecule has 3 aromatic rings. The van der Waals surface area contributed by atoms with Gasteiger partial charge in [0, 0.05) is 24.9 Å². The molecule has 4 nitrogen and oxygen atoms in total. The molecule has 1 aliphatic heterocycles. The minimum Gasteiger partial charge on any atom is -0.356 e. The molecule has 4 rings (SSSR count). The zero-order valence-electron chi connectivity index (χ0n) is 18.6. The van der Waals surface area contributed by atoms with Gasteiger partial charge < -0.3 is 10.6 Å². The molecule has 1 saturated heterocycles. The van der Waals surface area contributed by atoms with Gasteiger partial charge in [0.25, 0.3) is 0 Å². The average molecular weight is 445 g/mol. The number of hydrogen-bond acceptors (Lipinski definition) is 2. The van der Waals surface area contributed by atoms with Crippen LogP contribution in [-0.2, 0) is 22.4 Å². The normalized spacial score (nSPS) is 17.5. The lowest BCUT2D eigenvalue weighted by atomic mass is 9.84. The van der Waals surface area contributed by atoms with Crippen LogP contribution in [0.5, 0.6) is 0 Å². The fourth-order valence-corrected chi connectivity index (χ4v) is 4.50. The predicted molar refractivity (Wildman–Crippen MR) is 128 cm³/mol. The Morgan fingerprint density at radius 3 is 2.33 bits per heavy atom. The lowest BCUT2D eigenvalue weighted by Gasteiger charge is -2.29. The van der Waals surface area contributed by atoms with Crippen LogP contribution in [0.4, 0.5) is 4.39 Å². The van der Waals surface area contributed by atoms with E-state index in [0.29, 0.717) is 44.2 Å². The number of hydrogen-bond donors (Lipinski definition) is 2. The second kappa shape index (κ2) is 10.4. The van der Waals surface area contributed by atoms with Gasteiger partial charge >= 0.3 is 0 Å². The van der Waals surface area contributed by atoms with Gasteiger partial charge in [0.1, 0.15) is 5.82 Å². The third-order valence-corrected chi connectivity index (χ3v) is 6.34. The molecule has 5 heteroatoms. The van der Waals surface area contributed by atoms with Crippen LogP contribution >= 0.6 is 0 Å². The molecule has 0 saturated carbocycles. The standard InChI is InChI=1S/C28H29FN2O2/c29-25-9-5-4-8-24(25)16-19-30-26(32)14-17-28(18-15-27(33)31-28)20-21-10-12-23(13-11-21)22-6-2-1-3-7-22/h1-13H,14-20H2,(H,30,32)(H,31,33). The summed E-state index contributed by atoms with van der Waals surface area (Å²) in [5, 5.41) is 6.02. The zero-order chi connectivity index (χ0) is 23.1. The Hall–Kier alpha value is -3.47. The van der Waals surface area contributed by atoms with E-state index >= 15 is 0 Å². The molecule has 1 heterocycles. The number of benzene rings is 3. The van der Waals surface area contributed by atoms with E-state index in [-0.39, 0.29) is 17.6 Å². The Kier molecular flexibility index (Phi) is 7.18. The van der Waals surface area contributed by atoms with Gasteiger partial charge in [-0.1, -0.05) is 72.8 Å². The molecular weight excluding hydrogens is 415 g/mol. The highest BCUT2D eigenvalue weighted by Crippen LogP contribution is 2.30. The smallest absolute Gasteiger partial charge is 0.220 e. The first kappa shape index (κ1) is 22.7. The Labute approximate surface area is 194 Å². The summed E-state index contributed by atoms with van der Waals surface area (Å²) < 4.78 is 13.7. The Bertz CT molecular complexity index is 1100. The highest BCUT2D eigenvalue weighted by molar-refractivity contribution is 5.80. The van der Waals surface area contributed by atoms with Gasteiger partial charge in [0.2, 0.25) is 11.8 Å². The summed E-state index contributed by atoms with van der Waals surface area (Å²) in [5.41, 5.74) is 3.64. The van der Waals surface area contributed by atoms with Crippen LogP contribution in [0.1, 0.15) is 36.8 Å². The van der Waals surface area contributed by atoms with Crippen molar-refractivity contribution in [2.45, 2.75) is 44.1 Å². The first-order valence-corrected chi connectivity index (χ1v) is 11.5. The number of amides is 2. The summed E-state index contributed by atoms with van der Waals surface area (Å²) >= 11 is 0. The van der Waals surface area contributed by atoms with Crippen LogP contribution in [0.25, 0.3) is 11.1 Å². The minimum absolute atomic E-state index is 0.0378. The highest BCUT2D eigenvalue weighted by Gasteiger charge is 2.37. The molecule has 33 heavy (non-hydrogen) atoms. The first-order valence-electron chi connectivity index (χ1n) is 11.5. The van der Waals surface area contributed by atoms with Crippen molar-refractivity contribution in [3.8, 4) is 11.1 Å². The molecule has 0 spiro atoms. The number of halogens is 1. The lowest BCUT2D eigenvalue weighted by molar-refractivity contribution is -0.122. The van der Waals surface area contributed by atoms with E-state index < -0.39 is 5.54 Å². The van der Waals surface area contributed by atoms with Gasteiger partial charge in [-0.15, -0.1) is 0 Å². The van der Waals surface area contributed by atoms with E-state index in [2.05, 4.69) is 47.0 Å². The fourth-order valence-electron chi connectivity index (χ4n) is 4.50. The van der Waals surface area contributed by atoms with E-state index in [1.165, 1.54) is 11.6 Å². The summed E-state index contributed by atoms with van der Waals surface area (Å²) in [4.78, 5) is 24.5. The fraction of sp³-hybridized carbons (Fsp3) is 0.286. The monoisotopic (exact) mass is 444 g/mol. The second-order valence-corrected chi connectivity index (χ2v) is 8.76. The quantitative estimate of drug-likeness (QED) is 0.497. The molecule has 1 fully saturated rings. The van der Waals surface area contributed by atoms with Crippen LogP contribution in [-0.4, -0.2) is 23.9 Å². The largest absolute Gasteiger partial charge is 0.356 e. The third-order valence-electron chi connectivity index (χ3n) is 6.34. The second-order valence-electron chi connectivity index (χ2n) is 8.76. The van der Waals surface area contributed by atoms with Crippen LogP contribution in [0.3, 0.4) is 0 Å². The molecule has 0 aromatic heterocycles. The van der Waals surface area contributed by atoms with Crippen molar-refractivity contribution >= 4 is 11.8 Å². The van der Waals surface area contributed by atoms with Gasteiger partial charge in [-0.25, -0.2) is 4.39 Å². The van der Waals surface area contributed by atoms with E-state index in [1.807, 2.05) is 18.2 Å². The molecule has 1 aliphatic rings. The predicted octanol–water partition coefficient (Wildman–Crippen LogP) is 4.82. The molecule has 0 radical (unpaired) electrons. The van der Waals surface area contributed by atoms with Crippen molar-refractivity contribution in [3.05, 3.63) is 95.8 Å². The summed E-state index contributed by atoms with van der Waals surface area (Å²) in [7, 11) is 0. The van der Waals surface area contributed by atoms with E-state index in [1.54, 1.807) is 18.2 Å². The van der Waals surface area contributed by atoms with Gasteiger partial charge in [-0.05, 0) is 54.0 Å². The summed E-state index contributed by atoms with van der Waals surface area (Å²) in [6, 6.07) is 25.2. The third kappa shape index (κ3) is 6.07. The maximum absolute atomic E-state index is 13.7. The summed E-state index contributed by atoms with van der Waals surface area (Å²) in [6.45, 7) is 0.389. The Morgan fingerprint density at radius 1 is 0.939 bits per heavy atom. The molecule has 170 valence electrons. The molecule has 2 amide bonds. The molecule has 1 atom stereocenters. The van der Waals surface area contributed by atoms with Crippen molar-refractivity contribution in [1.29, 1.82) is 0 Å². The van der Waals surface area contributed by atoms with Crippen LogP contribution < -0.4 is 10.6 Å². The Morgan fingerprint density at radius 2 is 1.64 bits per heavy atom. The number of carbonyl (C=O) groups excluding carboxylic acids is 2. The van der Waals surface area contributed by atoms with E-state index in [9.17, 15) is 14.0 Å². The topological polar surface area (TPSA) is 58.2 Å². The van der Waals surface area contributed by atoms with Crippen LogP contribution in [0.15, 0.2) is 78.9 Å². The molecule has 2 N–H and O–H groups in total. The van der Waals surface area contributed by atoms with Crippen molar-refractivity contribution in [3.63, 3.8) is 0 Å². The first-order chi connectivity index (χ1) is 16.0. The molecule has 0 bridgehead atoms. The van der Waals surface area contributed by atoms with E-state index in [4.69, 9.17) is 0 Å². The number of rotatable bonds is 9. The average Bonchev–Trinajstić information content (AvgIpc) is 3.20. The zero-order valence-corrected chi connectivity index (χ0v) is 18.6. The number of carbonyl (C=O) groups is 2. The molecular formula is C28H29FN2O2. The van der Waals surface area contributed by atoms with Crippen LogP contribution in [0, 0.1) is 5.82 Å². The van der Waals surface area contributed by atoms with Gasteiger partial charge in [-0.2, -0.15) is 0 Å². The van der Waals surface area contributed by atoms with Crippen molar-refractivity contribution in [2.24, 2.45) is 0 Å². The van der Waals surface area contributed by atoms with Crippen molar-refractivity contribution in [1.82, 2.24) is 10.6 Å².